The van der Waals surface area contributed by atoms with Crippen molar-refractivity contribution in [2.45, 2.75) is 65.2 Å². The number of nitrogens with one attached hydrogen (secondary N) is 1. The molecule has 0 amide bonds. The highest BCUT2D eigenvalue weighted by molar-refractivity contribution is 5.71. The van der Waals surface area contributed by atoms with Crippen LogP contribution >= 0.6 is 0 Å². The van der Waals surface area contributed by atoms with Crippen LogP contribution in [-0.4, -0.2) is 20.4 Å². The molecule has 0 aliphatic carbocycles. The summed E-state index contributed by atoms with van der Waals surface area (Å²) in [5, 5.41) is 17.7. The van der Waals surface area contributed by atoms with Crippen LogP contribution in [0.25, 0.3) is 11.3 Å². The van der Waals surface area contributed by atoms with Crippen molar-refractivity contribution in [3.05, 3.63) is 35.0 Å². The van der Waals surface area contributed by atoms with E-state index >= 15 is 0 Å². The van der Waals surface area contributed by atoms with Crippen LogP contribution < -0.4 is 5.32 Å². The van der Waals surface area contributed by atoms with E-state index in [1.807, 2.05) is 47.6 Å². The molecule has 2 aromatic rings. The molecule has 4 nitrogen and oxygen atoms in total. The summed E-state index contributed by atoms with van der Waals surface area (Å²) in [4.78, 5) is 0. The molecule has 0 radical (unpaired) electrons. The van der Waals surface area contributed by atoms with Gasteiger partial charge in [-0.1, -0.05) is 26.8 Å². The third kappa shape index (κ3) is 5.03. The maximum atomic E-state index is 13.0. The third-order valence-electron chi connectivity index (χ3n) is 4.31. The summed E-state index contributed by atoms with van der Waals surface area (Å²) in [6, 6.07) is 4.62. The van der Waals surface area contributed by atoms with Gasteiger partial charge in [-0.2, -0.15) is 18.3 Å². The largest absolute Gasteiger partial charge is 0.507 e. The number of benzene rings is 1. The molecule has 0 atom stereocenters. The second-order valence-corrected chi connectivity index (χ2v) is 8.92. The van der Waals surface area contributed by atoms with Crippen molar-refractivity contribution in [2.24, 2.45) is 7.05 Å². The molecule has 27 heavy (non-hydrogen) atoms. The average molecular weight is 383 g/mol. The molecule has 0 aliphatic rings. The van der Waals surface area contributed by atoms with E-state index in [2.05, 4.69) is 10.4 Å². The van der Waals surface area contributed by atoms with Gasteiger partial charge in [0.05, 0.1) is 5.69 Å². The van der Waals surface area contributed by atoms with Crippen LogP contribution in [0.2, 0.25) is 0 Å². The van der Waals surface area contributed by atoms with Crippen LogP contribution in [-0.2, 0) is 25.2 Å². The second kappa shape index (κ2) is 6.86. The number of aryl methyl sites for hydroxylation is 1. The fourth-order valence-corrected chi connectivity index (χ4v) is 2.68. The first-order valence-electron chi connectivity index (χ1n) is 8.82. The molecule has 0 aliphatic heterocycles. The van der Waals surface area contributed by atoms with Gasteiger partial charge in [0.15, 0.2) is 5.69 Å². The second-order valence-electron chi connectivity index (χ2n) is 8.92. The van der Waals surface area contributed by atoms with Crippen molar-refractivity contribution < 1.29 is 18.3 Å². The first-order chi connectivity index (χ1) is 12.1. The van der Waals surface area contributed by atoms with Gasteiger partial charge in [0.1, 0.15) is 5.75 Å². The van der Waals surface area contributed by atoms with Crippen LogP contribution in [0.5, 0.6) is 5.75 Å². The lowest BCUT2D eigenvalue weighted by molar-refractivity contribution is -0.141. The summed E-state index contributed by atoms with van der Waals surface area (Å²) in [5.74, 6) is -0.0310. The summed E-state index contributed by atoms with van der Waals surface area (Å²) in [6.07, 6.45) is -4.54. The zero-order chi connectivity index (χ0) is 20.8. The van der Waals surface area contributed by atoms with Crippen molar-refractivity contribution >= 4 is 0 Å². The Morgan fingerprint density at radius 2 is 1.63 bits per heavy atom. The minimum atomic E-state index is -4.54. The Kier molecular flexibility index (Phi) is 5.40. The molecule has 0 saturated heterocycles. The number of hydrogen-bond acceptors (Lipinski definition) is 3. The monoisotopic (exact) mass is 383 g/mol. The number of rotatable bonds is 3. The quantitative estimate of drug-likeness (QED) is 0.784. The number of aromatic hydroxyl groups is 1. The van der Waals surface area contributed by atoms with E-state index in [9.17, 15) is 18.3 Å². The van der Waals surface area contributed by atoms with Crippen LogP contribution in [0.15, 0.2) is 18.2 Å². The molecule has 0 unspecified atom stereocenters. The van der Waals surface area contributed by atoms with Crippen LogP contribution in [0.4, 0.5) is 13.2 Å². The Balaban J connectivity index is 2.64. The topological polar surface area (TPSA) is 50.1 Å². The first kappa shape index (κ1) is 21.3. The Morgan fingerprint density at radius 1 is 1.04 bits per heavy atom. The Bertz CT molecular complexity index is 825. The maximum Gasteiger partial charge on any atom is 0.435 e. The molecule has 1 aromatic carbocycles. The Labute approximate surface area is 158 Å². The van der Waals surface area contributed by atoms with Crippen molar-refractivity contribution in [1.29, 1.82) is 0 Å². The van der Waals surface area contributed by atoms with Gasteiger partial charge in [-0.3, -0.25) is 4.68 Å². The Morgan fingerprint density at radius 3 is 2.07 bits per heavy atom. The van der Waals surface area contributed by atoms with Crippen molar-refractivity contribution in [3.63, 3.8) is 0 Å². The van der Waals surface area contributed by atoms with E-state index in [1.54, 1.807) is 6.07 Å². The number of nitrogens with zero attached hydrogens (tertiary/aromatic N) is 2. The molecule has 0 saturated carbocycles. The lowest BCUT2D eigenvalue weighted by Gasteiger charge is -2.25. The van der Waals surface area contributed by atoms with Crippen LogP contribution in [0.1, 0.15) is 58.4 Å². The lowest BCUT2D eigenvalue weighted by Crippen LogP contribution is -2.35. The van der Waals surface area contributed by atoms with Crippen molar-refractivity contribution in [3.8, 4) is 17.0 Å². The molecule has 0 spiro atoms. The standard InChI is InChI=1S/C20H28F3N3O/c1-18(2,3)13-8-12(11-24-19(4,5)6)17(27)14(9-13)15-10-16(20(21,22)23)25-26(15)7/h8-10,24,27H,11H2,1-7H3. The molecule has 0 bridgehead atoms. The molecule has 1 heterocycles. The highest BCUT2D eigenvalue weighted by Crippen LogP contribution is 2.39. The van der Waals surface area contributed by atoms with E-state index in [-0.39, 0.29) is 22.4 Å². The highest BCUT2D eigenvalue weighted by Gasteiger charge is 2.35. The highest BCUT2D eigenvalue weighted by atomic mass is 19.4. The zero-order valence-electron chi connectivity index (χ0n) is 16.9. The maximum absolute atomic E-state index is 13.0. The lowest BCUT2D eigenvalue weighted by atomic mass is 9.84. The number of alkyl halides is 3. The van der Waals surface area contributed by atoms with E-state index in [0.29, 0.717) is 17.7 Å². The van der Waals surface area contributed by atoms with Gasteiger partial charge in [-0.05, 0) is 43.9 Å². The molecule has 2 rings (SSSR count). The van der Waals surface area contributed by atoms with Crippen LogP contribution in [0.3, 0.4) is 0 Å². The van der Waals surface area contributed by atoms with E-state index < -0.39 is 11.9 Å². The normalized spacial score (nSPS) is 13.3. The number of phenols is 1. The van der Waals surface area contributed by atoms with Crippen molar-refractivity contribution in [1.82, 2.24) is 15.1 Å². The van der Waals surface area contributed by atoms with Gasteiger partial charge in [0.2, 0.25) is 0 Å². The van der Waals surface area contributed by atoms with Gasteiger partial charge in [0, 0.05) is 30.3 Å². The molecular weight excluding hydrogens is 355 g/mol. The predicted molar refractivity (Wildman–Crippen MR) is 101 cm³/mol. The van der Waals surface area contributed by atoms with Gasteiger partial charge in [0.25, 0.3) is 0 Å². The molecule has 7 heteroatoms. The SMILES string of the molecule is Cn1nc(C(F)(F)F)cc1-c1cc(C(C)(C)C)cc(CNC(C)(C)C)c1O. The zero-order valence-corrected chi connectivity index (χ0v) is 16.9. The molecule has 0 fully saturated rings. The summed E-state index contributed by atoms with van der Waals surface area (Å²) in [6.45, 7) is 12.5. The number of hydrogen-bond donors (Lipinski definition) is 2. The van der Waals surface area contributed by atoms with E-state index in [0.717, 1.165) is 16.3 Å². The summed E-state index contributed by atoms with van der Waals surface area (Å²) in [5.41, 5.74) is 0.763. The minimum Gasteiger partial charge on any atom is -0.507 e. The summed E-state index contributed by atoms with van der Waals surface area (Å²) >= 11 is 0. The molecule has 150 valence electrons. The average Bonchev–Trinajstić information content (AvgIpc) is 2.86. The van der Waals surface area contributed by atoms with E-state index in [1.165, 1.54) is 7.05 Å². The third-order valence-corrected chi connectivity index (χ3v) is 4.31. The van der Waals surface area contributed by atoms with Gasteiger partial charge in [-0.25, -0.2) is 0 Å². The van der Waals surface area contributed by atoms with Gasteiger partial charge >= 0.3 is 6.18 Å². The number of halogens is 3. The molecule has 2 N–H and O–H groups in total. The van der Waals surface area contributed by atoms with E-state index in [4.69, 9.17) is 0 Å². The van der Waals surface area contributed by atoms with Crippen LogP contribution in [0, 0.1) is 0 Å². The molecule has 1 aromatic heterocycles. The Hall–Kier alpha value is -2.02. The smallest absolute Gasteiger partial charge is 0.435 e. The summed E-state index contributed by atoms with van der Waals surface area (Å²) in [7, 11) is 1.45. The minimum absolute atomic E-state index is 0.0310. The van der Waals surface area contributed by atoms with Gasteiger partial charge in [-0.15, -0.1) is 0 Å². The predicted octanol–water partition coefficient (Wildman–Crippen LogP) is 5.00. The molecular formula is C20H28F3N3O. The first-order valence-corrected chi connectivity index (χ1v) is 8.82. The fraction of sp³-hybridized carbons (Fsp3) is 0.550. The number of aromatic nitrogens is 2. The summed E-state index contributed by atoms with van der Waals surface area (Å²) < 4.78 is 40.3. The fourth-order valence-electron chi connectivity index (χ4n) is 2.68. The number of phenolic OH excluding ortho intramolecular Hbond substituents is 1. The van der Waals surface area contributed by atoms with Crippen molar-refractivity contribution in [2.75, 3.05) is 0 Å². The van der Waals surface area contributed by atoms with Gasteiger partial charge < -0.3 is 10.4 Å².